The Morgan fingerprint density at radius 2 is 0.897 bits per heavy atom. The van der Waals surface area contributed by atoms with Crippen LogP contribution in [0.4, 0.5) is 0 Å². The van der Waals surface area contributed by atoms with Crippen molar-refractivity contribution < 1.29 is 5.48 Å². The number of nitrogens with zero attached hydrogens (tertiary/aromatic N) is 2. The minimum Gasteiger partial charge on any atom is -0.412 e. The summed E-state index contributed by atoms with van der Waals surface area (Å²) in [6.45, 7) is 6.74. The van der Waals surface area contributed by atoms with Gasteiger partial charge in [0, 0.05) is 25.2 Å². The molecule has 0 aromatic heterocycles. The summed E-state index contributed by atoms with van der Waals surface area (Å²) in [5.74, 6) is 0. The molecule has 2 aromatic rings. The molecule has 0 bridgehead atoms. The maximum absolute atomic E-state index is 3.41. The molecule has 0 atom stereocenters. The molecule has 0 spiro atoms. The highest BCUT2D eigenvalue weighted by Crippen LogP contribution is 2.11. The second-order valence-corrected chi connectivity index (χ2v) is 9.47. The number of rotatable bonds is 8. The Bertz CT molecular complexity index is 775. The molecule has 0 aliphatic carbocycles. The van der Waals surface area contributed by atoms with Crippen LogP contribution < -0.4 is 10.6 Å². The van der Waals surface area contributed by atoms with E-state index in [9.17, 15) is 0 Å². The normalized spacial score (nSPS) is 15.7. The fourth-order valence-corrected chi connectivity index (χ4v) is 4.63. The third-order valence-corrected chi connectivity index (χ3v) is 6.87. The van der Waals surface area contributed by atoms with E-state index in [2.05, 4.69) is 119 Å². The van der Waals surface area contributed by atoms with Crippen molar-refractivity contribution in [2.24, 2.45) is 0 Å². The molecule has 2 saturated heterocycles. The molecule has 39 heavy (non-hydrogen) atoms. The van der Waals surface area contributed by atoms with Gasteiger partial charge in [0.1, 0.15) is 0 Å². The van der Waals surface area contributed by atoms with Gasteiger partial charge in [0.2, 0.25) is 0 Å². The number of piperidine rings is 2. The molecule has 2 fully saturated rings. The molecule has 4 rings (SSSR count). The van der Waals surface area contributed by atoms with Crippen LogP contribution in [0.5, 0.6) is 0 Å². The van der Waals surface area contributed by atoms with Crippen molar-refractivity contribution in [2.75, 3.05) is 53.4 Å². The average molecular weight is 625 g/mol. The van der Waals surface area contributed by atoms with Crippen molar-refractivity contribution in [3.05, 3.63) is 83.9 Å². The van der Waals surface area contributed by atoms with E-state index in [4.69, 9.17) is 0 Å². The van der Waals surface area contributed by atoms with Gasteiger partial charge >= 0.3 is 0 Å². The van der Waals surface area contributed by atoms with Crippen molar-refractivity contribution in [3.63, 3.8) is 0 Å². The fraction of sp³-hybridized carbons (Fsp3) is 0.467. The summed E-state index contributed by atoms with van der Waals surface area (Å²) in [5, 5.41) is 6.81. The van der Waals surface area contributed by atoms with Gasteiger partial charge in [0.05, 0.1) is 0 Å². The summed E-state index contributed by atoms with van der Waals surface area (Å²) in [5.41, 5.74) is 2.57. The van der Waals surface area contributed by atoms with Gasteiger partial charge < -0.3 is 16.1 Å². The van der Waals surface area contributed by atoms with Gasteiger partial charge in [-0.15, -0.1) is 49.6 Å². The Morgan fingerprint density at radius 1 is 0.590 bits per heavy atom. The Labute approximate surface area is 261 Å². The van der Waals surface area contributed by atoms with Crippen LogP contribution >= 0.6 is 49.6 Å². The molecule has 5 nitrogen and oxygen atoms in total. The Kier molecular flexibility index (Phi) is 28.0. The number of nitrogens with one attached hydrogen (secondary N) is 2. The minimum atomic E-state index is 0. The second-order valence-electron chi connectivity index (χ2n) is 9.47. The minimum absolute atomic E-state index is 0. The highest BCUT2D eigenvalue weighted by Gasteiger charge is 2.17. The van der Waals surface area contributed by atoms with Gasteiger partial charge in [-0.05, 0) is 77.1 Å². The molecule has 0 amide bonds. The lowest BCUT2D eigenvalue weighted by atomic mass is 10.1. The zero-order valence-electron chi connectivity index (χ0n) is 23.3. The predicted molar refractivity (Wildman–Crippen MR) is 181 cm³/mol. The Hall–Kier alpha value is -1.12. The third kappa shape index (κ3) is 17.3. The van der Waals surface area contributed by atoms with Crippen molar-refractivity contribution >= 4 is 61.8 Å². The van der Waals surface area contributed by atoms with Gasteiger partial charge in [0.25, 0.3) is 0 Å². The summed E-state index contributed by atoms with van der Waals surface area (Å²) in [4.78, 5) is 4.92. The number of likely N-dealkylation sites (N-methyl/N-ethyl adjacent to an activating group) is 2. The van der Waals surface area contributed by atoms with E-state index in [0.717, 1.165) is 51.4 Å². The second kappa shape index (κ2) is 25.8. The van der Waals surface area contributed by atoms with Gasteiger partial charge in [-0.1, -0.05) is 85.0 Å². The van der Waals surface area contributed by atoms with Crippen molar-refractivity contribution in [1.29, 1.82) is 0 Å². The van der Waals surface area contributed by atoms with Crippen molar-refractivity contribution in [1.82, 2.24) is 20.4 Å². The zero-order valence-corrected chi connectivity index (χ0v) is 26.6. The highest BCUT2D eigenvalue weighted by atomic mass is 35.5. The molecule has 0 unspecified atom stereocenters. The van der Waals surface area contributed by atoms with Gasteiger partial charge in [-0.2, -0.15) is 0 Å². The van der Waals surface area contributed by atoms with E-state index in [1.165, 1.54) is 36.8 Å². The van der Waals surface area contributed by atoms with Gasteiger partial charge in [-0.3, -0.25) is 9.80 Å². The fourth-order valence-electron chi connectivity index (χ4n) is 4.63. The predicted octanol–water partition coefficient (Wildman–Crippen LogP) is 5.63. The van der Waals surface area contributed by atoms with Crippen LogP contribution in [0.2, 0.25) is 0 Å². The topological polar surface area (TPSA) is 62.0 Å². The lowest BCUT2D eigenvalue weighted by molar-refractivity contribution is 0.217. The maximum atomic E-state index is 3.41. The molecule has 0 saturated carbocycles. The van der Waals surface area contributed by atoms with Crippen LogP contribution in [0.25, 0.3) is 12.2 Å². The standard InChI is InChI=1S/2C15H22N2.4ClH.H2O/c2*1-17(15-9-11-16-12-10-15)13-5-8-14-6-3-2-4-7-14;;;;;/h2*2-8,15-16H,9-13H2,1H3;4*1H;1H2. The van der Waals surface area contributed by atoms with Crippen molar-refractivity contribution in [2.45, 2.75) is 37.8 Å². The molecular formula is C30H50Cl4N4O. The molecule has 2 aliphatic rings. The van der Waals surface area contributed by atoms with E-state index in [1.54, 1.807) is 0 Å². The van der Waals surface area contributed by atoms with Crippen LogP contribution in [0.3, 0.4) is 0 Å². The largest absolute Gasteiger partial charge is 0.412 e. The van der Waals surface area contributed by atoms with E-state index in [0.29, 0.717) is 0 Å². The summed E-state index contributed by atoms with van der Waals surface area (Å²) >= 11 is 0. The molecule has 9 heteroatoms. The van der Waals surface area contributed by atoms with Crippen LogP contribution in [0.1, 0.15) is 36.8 Å². The van der Waals surface area contributed by atoms with Crippen LogP contribution in [-0.2, 0) is 0 Å². The number of hydrogen-bond acceptors (Lipinski definition) is 4. The first-order valence-electron chi connectivity index (χ1n) is 13.0. The smallest absolute Gasteiger partial charge is 0.0166 e. The molecule has 2 aromatic carbocycles. The zero-order chi connectivity index (χ0) is 23.8. The van der Waals surface area contributed by atoms with Crippen LogP contribution in [0.15, 0.2) is 72.8 Å². The first-order valence-corrected chi connectivity index (χ1v) is 13.0. The van der Waals surface area contributed by atoms with E-state index >= 15 is 0 Å². The van der Waals surface area contributed by atoms with E-state index < -0.39 is 0 Å². The molecule has 2 aliphatic heterocycles. The molecule has 224 valence electrons. The van der Waals surface area contributed by atoms with Crippen LogP contribution in [0, 0.1) is 0 Å². The SMILES string of the molecule is CN(CC=Cc1ccccc1)C1CCNCC1.CN(CC=Cc1ccccc1)C1CCNCC1.Cl.Cl.Cl.Cl.O. The first-order chi connectivity index (χ1) is 16.7. The Morgan fingerprint density at radius 3 is 1.21 bits per heavy atom. The number of hydrogen-bond donors (Lipinski definition) is 2. The van der Waals surface area contributed by atoms with Crippen molar-refractivity contribution in [3.8, 4) is 0 Å². The number of halogens is 4. The highest BCUT2D eigenvalue weighted by molar-refractivity contribution is 5.86. The van der Waals surface area contributed by atoms with Gasteiger partial charge in [-0.25, -0.2) is 0 Å². The molecular weight excluding hydrogens is 574 g/mol. The summed E-state index contributed by atoms with van der Waals surface area (Å²) in [7, 11) is 4.46. The quantitative estimate of drug-likeness (QED) is 0.400. The van der Waals surface area contributed by atoms with E-state index in [-0.39, 0.29) is 55.1 Å². The molecule has 0 radical (unpaired) electrons. The maximum Gasteiger partial charge on any atom is 0.0166 e. The lowest BCUT2D eigenvalue weighted by Crippen LogP contribution is -2.41. The molecule has 4 N–H and O–H groups in total. The summed E-state index contributed by atoms with van der Waals surface area (Å²) in [6.07, 6.45) is 14.0. The average Bonchev–Trinajstić information content (AvgIpc) is 2.91. The monoisotopic (exact) mass is 622 g/mol. The lowest BCUT2D eigenvalue weighted by Gasteiger charge is -2.30. The first kappa shape index (κ1) is 42.3. The summed E-state index contributed by atoms with van der Waals surface area (Å²) in [6, 6.07) is 22.5. The Balaban J connectivity index is -0.000000589. The van der Waals surface area contributed by atoms with Crippen LogP contribution in [-0.4, -0.2) is 80.7 Å². The van der Waals surface area contributed by atoms with Gasteiger partial charge in [0.15, 0.2) is 0 Å². The number of benzene rings is 2. The summed E-state index contributed by atoms with van der Waals surface area (Å²) < 4.78 is 0. The third-order valence-electron chi connectivity index (χ3n) is 6.87. The van der Waals surface area contributed by atoms with E-state index in [1.807, 2.05) is 0 Å². The molecule has 2 heterocycles.